The SMILES string of the molecule is CC(C)Cn1nc2c(c1N)CN(C(=O)OC(C)(C)C)C2. The number of nitrogens with zero attached hydrogens (tertiary/aromatic N) is 3. The molecule has 1 aromatic rings. The zero-order valence-electron chi connectivity index (χ0n) is 12.9. The van der Waals surface area contributed by atoms with Crippen molar-refractivity contribution < 1.29 is 9.53 Å². The first-order valence-corrected chi connectivity index (χ1v) is 6.99. The van der Waals surface area contributed by atoms with Crippen LogP contribution < -0.4 is 5.73 Å². The Bertz CT molecular complexity index is 514. The van der Waals surface area contributed by atoms with Crippen molar-refractivity contribution >= 4 is 11.9 Å². The van der Waals surface area contributed by atoms with Gasteiger partial charge in [0.2, 0.25) is 0 Å². The van der Waals surface area contributed by atoms with Crippen LogP contribution in [0.2, 0.25) is 0 Å². The first kappa shape index (κ1) is 14.7. The van der Waals surface area contributed by atoms with Crippen LogP contribution in [0, 0.1) is 5.92 Å². The number of nitrogens with two attached hydrogens (primary N) is 1. The number of nitrogen functional groups attached to an aromatic ring is 1. The topological polar surface area (TPSA) is 73.4 Å². The average Bonchev–Trinajstić information content (AvgIpc) is 2.78. The molecule has 20 heavy (non-hydrogen) atoms. The molecule has 6 heteroatoms. The van der Waals surface area contributed by atoms with Crippen molar-refractivity contribution in [2.24, 2.45) is 5.92 Å². The number of amides is 1. The Morgan fingerprint density at radius 3 is 2.55 bits per heavy atom. The van der Waals surface area contributed by atoms with E-state index in [1.165, 1.54) is 0 Å². The van der Waals surface area contributed by atoms with Gasteiger partial charge in [-0.25, -0.2) is 9.48 Å². The minimum atomic E-state index is -0.486. The largest absolute Gasteiger partial charge is 0.444 e. The molecule has 0 radical (unpaired) electrons. The fourth-order valence-electron chi connectivity index (χ4n) is 2.23. The number of fused-ring (bicyclic) bond motifs is 1. The maximum atomic E-state index is 12.0. The number of hydrogen-bond donors (Lipinski definition) is 1. The first-order valence-electron chi connectivity index (χ1n) is 6.99. The highest BCUT2D eigenvalue weighted by Crippen LogP contribution is 2.28. The van der Waals surface area contributed by atoms with Crippen LogP contribution in [-0.4, -0.2) is 26.4 Å². The Labute approximate surface area is 119 Å². The molecule has 0 spiro atoms. The third kappa shape index (κ3) is 3.05. The number of aromatic nitrogens is 2. The Balaban J connectivity index is 2.07. The molecule has 0 aliphatic carbocycles. The minimum absolute atomic E-state index is 0.315. The van der Waals surface area contributed by atoms with Gasteiger partial charge < -0.3 is 10.5 Å². The minimum Gasteiger partial charge on any atom is -0.444 e. The van der Waals surface area contributed by atoms with Gasteiger partial charge in [0.15, 0.2) is 0 Å². The lowest BCUT2D eigenvalue weighted by atomic mass is 10.2. The molecule has 0 saturated carbocycles. The highest BCUT2D eigenvalue weighted by molar-refractivity contribution is 5.70. The van der Waals surface area contributed by atoms with Crippen molar-refractivity contribution in [3.05, 3.63) is 11.3 Å². The summed E-state index contributed by atoms with van der Waals surface area (Å²) in [5.41, 5.74) is 7.47. The van der Waals surface area contributed by atoms with Crippen molar-refractivity contribution in [2.75, 3.05) is 5.73 Å². The van der Waals surface area contributed by atoms with Gasteiger partial charge in [-0.3, -0.25) is 4.90 Å². The van der Waals surface area contributed by atoms with Gasteiger partial charge in [-0.05, 0) is 26.7 Å². The molecule has 0 atom stereocenters. The number of rotatable bonds is 2. The summed E-state index contributed by atoms with van der Waals surface area (Å²) in [6.07, 6.45) is -0.315. The van der Waals surface area contributed by atoms with Crippen LogP contribution in [0.3, 0.4) is 0 Å². The van der Waals surface area contributed by atoms with E-state index in [1.807, 2.05) is 25.5 Å². The highest BCUT2D eigenvalue weighted by atomic mass is 16.6. The lowest BCUT2D eigenvalue weighted by Crippen LogP contribution is -2.33. The highest BCUT2D eigenvalue weighted by Gasteiger charge is 2.32. The molecular formula is C14H24N4O2. The molecule has 2 heterocycles. The van der Waals surface area contributed by atoms with Crippen LogP contribution in [-0.2, 0) is 24.4 Å². The summed E-state index contributed by atoms with van der Waals surface area (Å²) in [5, 5.41) is 4.50. The lowest BCUT2D eigenvalue weighted by molar-refractivity contribution is 0.0239. The molecule has 1 amide bonds. The fourth-order valence-corrected chi connectivity index (χ4v) is 2.23. The van der Waals surface area contributed by atoms with Crippen molar-refractivity contribution in [1.82, 2.24) is 14.7 Å². The predicted molar refractivity (Wildman–Crippen MR) is 77.0 cm³/mol. The molecule has 112 valence electrons. The maximum absolute atomic E-state index is 12.0. The van der Waals surface area contributed by atoms with Crippen LogP contribution in [0.5, 0.6) is 0 Å². The van der Waals surface area contributed by atoms with Gasteiger partial charge in [0.1, 0.15) is 11.4 Å². The van der Waals surface area contributed by atoms with Gasteiger partial charge in [0.25, 0.3) is 0 Å². The van der Waals surface area contributed by atoms with Crippen molar-refractivity contribution in [3.8, 4) is 0 Å². The number of anilines is 1. The zero-order chi connectivity index (χ0) is 15.1. The van der Waals surface area contributed by atoms with Gasteiger partial charge in [0, 0.05) is 12.1 Å². The molecular weight excluding hydrogens is 256 g/mol. The molecule has 0 bridgehead atoms. The van der Waals surface area contributed by atoms with Gasteiger partial charge >= 0.3 is 6.09 Å². The molecule has 0 unspecified atom stereocenters. The zero-order valence-corrected chi connectivity index (χ0v) is 12.9. The summed E-state index contributed by atoms with van der Waals surface area (Å²) in [6.45, 7) is 11.6. The summed E-state index contributed by atoms with van der Waals surface area (Å²) >= 11 is 0. The van der Waals surface area contributed by atoms with Crippen LogP contribution in [0.25, 0.3) is 0 Å². The van der Waals surface area contributed by atoms with E-state index < -0.39 is 5.60 Å². The van der Waals surface area contributed by atoms with Gasteiger partial charge in [-0.1, -0.05) is 13.8 Å². The van der Waals surface area contributed by atoms with E-state index in [-0.39, 0.29) is 6.09 Å². The molecule has 1 aliphatic heterocycles. The van der Waals surface area contributed by atoms with Crippen molar-refractivity contribution in [1.29, 1.82) is 0 Å². The van der Waals surface area contributed by atoms with E-state index >= 15 is 0 Å². The van der Waals surface area contributed by atoms with Crippen LogP contribution in [0.4, 0.5) is 10.6 Å². The van der Waals surface area contributed by atoms with Gasteiger partial charge in [0.05, 0.1) is 18.8 Å². The molecule has 6 nitrogen and oxygen atoms in total. The summed E-state index contributed by atoms with van der Waals surface area (Å²) < 4.78 is 7.20. The third-order valence-electron chi connectivity index (χ3n) is 3.06. The van der Waals surface area contributed by atoms with Gasteiger partial charge in [-0.2, -0.15) is 5.10 Å². The van der Waals surface area contributed by atoms with Crippen molar-refractivity contribution in [2.45, 2.75) is 59.9 Å². The molecule has 1 aromatic heterocycles. The second-order valence-electron chi connectivity index (χ2n) is 6.72. The predicted octanol–water partition coefficient (Wildman–Crippen LogP) is 2.37. The van der Waals surface area contributed by atoms with E-state index in [1.54, 1.807) is 4.90 Å². The Hall–Kier alpha value is -1.72. The van der Waals surface area contributed by atoms with E-state index in [0.717, 1.165) is 17.8 Å². The summed E-state index contributed by atoms with van der Waals surface area (Å²) in [4.78, 5) is 13.7. The molecule has 2 N–H and O–H groups in total. The average molecular weight is 280 g/mol. The van der Waals surface area contributed by atoms with Crippen LogP contribution in [0.1, 0.15) is 45.9 Å². The standard InChI is InChI=1S/C14H24N4O2/c1-9(2)6-18-12(15)10-7-17(8-11(10)16-18)13(19)20-14(3,4)5/h9H,6-8,15H2,1-5H3. The number of carbonyl (C=O) groups is 1. The van der Waals surface area contributed by atoms with E-state index in [4.69, 9.17) is 10.5 Å². The fraction of sp³-hybridized carbons (Fsp3) is 0.714. The molecule has 2 rings (SSSR count). The van der Waals surface area contributed by atoms with E-state index in [9.17, 15) is 4.79 Å². The van der Waals surface area contributed by atoms with Crippen molar-refractivity contribution in [3.63, 3.8) is 0 Å². The molecule has 1 aliphatic rings. The summed E-state index contributed by atoms with van der Waals surface area (Å²) in [6, 6.07) is 0. The monoisotopic (exact) mass is 280 g/mol. The maximum Gasteiger partial charge on any atom is 0.410 e. The van der Waals surface area contributed by atoms with Crippen LogP contribution in [0.15, 0.2) is 0 Å². The molecule has 0 saturated heterocycles. The van der Waals surface area contributed by atoms with E-state index in [0.29, 0.717) is 24.8 Å². The number of ether oxygens (including phenoxy) is 1. The molecule has 0 fully saturated rings. The van der Waals surface area contributed by atoms with Crippen LogP contribution >= 0.6 is 0 Å². The summed E-state index contributed by atoms with van der Waals surface area (Å²) in [7, 11) is 0. The Morgan fingerprint density at radius 1 is 1.40 bits per heavy atom. The normalized spacial score (nSPS) is 14.8. The quantitative estimate of drug-likeness (QED) is 0.902. The smallest absolute Gasteiger partial charge is 0.410 e. The number of hydrogen-bond acceptors (Lipinski definition) is 4. The lowest BCUT2D eigenvalue weighted by Gasteiger charge is -2.24. The Kier molecular flexibility index (Phi) is 3.67. The van der Waals surface area contributed by atoms with Gasteiger partial charge in [-0.15, -0.1) is 0 Å². The summed E-state index contributed by atoms with van der Waals surface area (Å²) in [5.74, 6) is 1.15. The van der Waals surface area contributed by atoms with E-state index in [2.05, 4.69) is 18.9 Å². The molecule has 0 aromatic carbocycles. The second-order valence-corrected chi connectivity index (χ2v) is 6.72. The number of carbonyl (C=O) groups excluding carboxylic acids is 1. The third-order valence-corrected chi connectivity index (χ3v) is 3.06. The second kappa shape index (κ2) is 5.00. The Morgan fingerprint density at radius 2 is 2.05 bits per heavy atom. The first-order chi connectivity index (χ1) is 9.17.